The molecule has 0 aliphatic heterocycles. The third-order valence-corrected chi connectivity index (χ3v) is 6.89. The Morgan fingerprint density at radius 3 is 2.26 bits per heavy atom. The van der Waals surface area contributed by atoms with Crippen LogP contribution in [0.4, 0.5) is 0 Å². The lowest BCUT2D eigenvalue weighted by molar-refractivity contribution is 0.0696. The van der Waals surface area contributed by atoms with E-state index in [4.69, 9.17) is 10.1 Å². The number of amides is 1. The molecule has 0 atom stereocenters. The molecule has 6 nitrogen and oxygen atoms in total. The summed E-state index contributed by atoms with van der Waals surface area (Å²) < 4.78 is 1.93. The summed E-state index contributed by atoms with van der Waals surface area (Å²) in [6.07, 6.45) is 4.35. The molecule has 0 aliphatic rings. The van der Waals surface area contributed by atoms with Gasteiger partial charge in [-0.05, 0) is 51.2 Å². The van der Waals surface area contributed by atoms with Gasteiger partial charge in [0.2, 0.25) is 0 Å². The maximum atomic E-state index is 13.6. The standard InChI is InChI=1S/C33H25N3O3/c37-32(34-19-22-10-14-26(15-11-22)33(38)39)29-18-28(24-6-2-1-3-7-24)20-36-21-35-30(31(29)36)17-23-12-13-25-8-4-5-9-27(25)16-23/h1-16,18,20-21H,17,19H2,(H,34,37)(H,38,39). The number of carbonyl (C=O) groups is 2. The van der Waals surface area contributed by atoms with Crippen LogP contribution in [0.25, 0.3) is 27.4 Å². The van der Waals surface area contributed by atoms with Crippen molar-refractivity contribution in [3.05, 3.63) is 144 Å². The summed E-state index contributed by atoms with van der Waals surface area (Å²) in [7, 11) is 0. The fourth-order valence-corrected chi connectivity index (χ4v) is 4.88. The number of hydrogen-bond donors (Lipinski definition) is 2. The van der Waals surface area contributed by atoms with E-state index >= 15 is 0 Å². The van der Waals surface area contributed by atoms with E-state index in [2.05, 4.69) is 35.6 Å². The summed E-state index contributed by atoms with van der Waals surface area (Å²) >= 11 is 0. The Hall–Kier alpha value is -5.23. The van der Waals surface area contributed by atoms with Gasteiger partial charge in [0.1, 0.15) is 0 Å². The predicted octanol–water partition coefficient (Wildman–Crippen LogP) is 6.37. The third-order valence-electron chi connectivity index (χ3n) is 6.89. The molecule has 0 saturated carbocycles. The van der Waals surface area contributed by atoms with E-state index in [1.165, 1.54) is 17.5 Å². The molecule has 0 aliphatic carbocycles. The van der Waals surface area contributed by atoms with E-state index in [1.54, 1.807) is 18.5 Å². The molecule has 39 heavy (non-hydrogen) atoms. The molecular formula is C33H25N3O3. The second kappa shape index (κ2) is 10.3. The molecule has 0 radical (unpaired) electrons. The van der Waals surface area contributed by atoms with Gasteiger partial charge in [-0.25, -0.2) is 9.78 Å². The molecule has 190 valence electrons. The average molecular weight is 512 g/mol. The van der Waals surface area contributed by atoms with Gasteiger partial charge in [-0.3, -0.25) is 4.79 Å². The van der Waals surface area contributed by atoms with Crippen LogP contribution >= 0.6 is 0 Å². The molecule has 0 unspecified atom stereocenters. The molecule has 2 aromatic heterocycles. The van der Waals surface area contributed by atoms with Crippen molar-refractivity contribution < 1.29 is 14.7 Å². The topological polar surface area (TPSA) is 83.7 Å². The van der Waals surface area contributed by atoms with Gasteiger partial charge in [0.05, 0.1) is 28.7 Å². The normalized spacial score (nSPS) is 11.1. The summed E-state index contributed by atoms with van der Waals surface area (Å²) in [6, 6.07) is 33.0. The van der Waals surface area contributed by atoms with Crippen LogP contribution in [-0.4, -0.2) is 26.4 Å². The third kappa shape index (κ3) is 5.00. The zero-order valence-electron chi connectivity index (χ0n) is 21.0. The summed E-state index contributed by atoms with van der Waals surface area (Å²) in [5, 5.41) is 14.5. The lowest BCUT2D eigenvalue weighted by Crippen LogP contribution is -2.23. The van der Waals surface area contributed by atoms with E-state index in [1.807, 2.05) is 59.1 Å². The number of rotatable bonds is 7. The molecule has 2 N–H and O–H groups in total. The molecule has 0 bridgehead atoms. The first-order chi connectivity index (χ1) is 19.0. The van der Waals surface area contributed by atoms with Crippen molar-refractivity contribution in [1.82, 2.24) is 14.7 Å². The summed E-state index contributed by atoms with van der Waals surface area (Å²) in [5.41, 5.74) is 6.17. The van der Waals surface area contributed by atoms with E-state index in [0.29, 0.717) is 12.0 Å². The van der Waals surface area contributed by atoms with Crippen LogP contribution in [0.5, 0.6) is 0 Å². The van der Waals surface area contributed by atoms with Gasteiger partial charge in [-0.2, -0.15) is 0 Å². The number of hydrogen-bond acceptors (Lipinski definition) is 3. The second-order valence-electron chi connectivity index (χ2n) is 9.50. The Bertz CT molecular complexity index is 1820. The summed E-state index contributed by atoms with van der Waals surface area (Å²) in [6.45, 7) is 0.272. The quantitative estimate of drug-likeness (QED) is 0.261. The first-order valence-electron chi connectivity index (χ1n) is 12.7. The van der Waals surface area contributed by atoms with Crippen LogP contribution in [0.3, 0.4) is 0 Å². The van der Waals surface area contributed by atoms with Crippen molar-refractivity contribution in [3.63, 3.8) is 0 Å². The largest absolute Gasteiger partial charge is 0.478 e. The Morgan fingerprint density at radius 1 is 0.769 bits per heavy atom. The number of nitrogens with one attached hydrogen (secondary N) is 1. The number of nitrogens with zero attached hydrogens (tertiary/aromatic N) is 2. The zero-order valence-corrected chi connectivity index (χ0v) is 21.0. The van der Waals surface area contributed by atoms with E-state index in [0.717, 1.165) is 38.9 Å². The highest BCUT2D eigenvalue weighted by molar-refractivity contribution is 6.02. The zero-order chi connectivity index (χ0) is 26.8. The minimum absolute atomic E-state index is 0.208. The van der Waals surface area contributed by atoms with Crippen LogP contribution in [0.2, 0.25) is 0 Å². The minimum atomic E-state index is -0.981. The average Bonchev–Trinajstić information content (AvgIpc) is 3.38. The maximum absolute atomic E-state index is 13.6. The SMILES string of the molecule is O=C(O)c1ccc(CNC(=O)c2cc(-c3ccccc3)cn3cnc(Cc4ccc5ccccc5c4)c23)cc1. The van der Waals surface area contributed by atoms with Gasteiger partial charge in [-0.15, -0.1) is 0 Å². The fraction of sp³-hybridized carbons (Fsp3) is 0.0606. The number of carboxylic acid groups (broad SMARTS) is 1. The number of fused-ring (bicyclic) bond motifs is 2. The Labute approximate surface area is 225 Å². The smallest absolute Gasteiger partial charge is 0.335 e. The Morgan fingerprint density at radius 2 is 1.49 bits per heavy atom. The van der Waals surface area contributed by atoms with Crippen molar-refractivity contribution >= 4 is 28.2 Å². The Kier molecular flexibility index (Phi) is 6.35. The molecular weight excluding hydrogens is 486 g/mol. The number of carboxylic acids is 1. The van der Waals surface area contributed by atoms with Gasteiger partial charge in [0.15, 0.2) is 0 Å². The highest BCUT2D eigenvalue weighted by Gasteiger charge is 2.18. The van der Waals surface area contributed by atoms with Crippen LogP contribution in [0.1, 0.15) is 37.5 Å². The molecule has 0 spiro atoms. The molecule has 6 heteroatoms. The van der Waals surface area contributed by atoms with E-state index < -0.39 is 5.97 Å². The molecule has 6 rings (SSSR count). The van der Waals surface area contributed by atoms with E-state index in [9.17, 15) is 9.59 Å². The summed E-state index contributed by atoms with van der Waals surface area (Å²) in [5.74, 6) is -1.20. The molecule has 6 aromatic rings. The lowest BCUT2D eigenvalue weighted by Gasteiger charge is -2.12. The van der Waals surface area contributed by atoms with Crippen molar-refractivity contribution in [2.24, 2.45) is 0 Å². The fourth-order valence-electron chi connectivity index (χ4n) is 4.88. The van der Waals surface area contributed by atoms with E-state index in [-0.39, 0.29) is 18.0 Å². The number of aromatic carboxylic acids is 1. The van der Waals surface area contributed by atoms with Gasteiger partial charge in [0.25, 0.3) is 5.91 Å². The van der Waals surface area contributed by atoms with Crippen LogP contribution in [0.15, 0.2) is 116 Å². The number of benzene rings is 4. The number of aromatic nitrogens is 2. The minimum Gasteiger partial charge on any atom is -0.478 e. The first-order valence-corrected chi connectivity index (χ1v) is 12.7. The summed E-state index contributed by atoms with van der Waals surface area (Å²) in [4.78, 5) is 29.5. The van der Waals surface area contributed by atoms with Gasteiger partial charge in [-0.1, -0.05) is 84.9 Å². The van der Waals surface area contributed by atoms with Crippen LogP contribution in [-0.2, 0) is 13.0 Å². The van der Waals surface area contributed by atoms with Crippen molar-refractivity contribution in [1.29, 1.82) is 0 Å². The van der Waals surface area contributed by atoms with Gasteiger partial charge in [0, 0.05) is 19.2 Å². The second-order valence-corrected chi connectivity index (χ2v) is 9.50. The number of pyridine rings is 1. The van der Waals surface area contributed by atoms with Crippen molar-refractivity contribution in [3.8, 4) is 11.1 Å². The van der Waals surface area contributed by atoms with Crippen molar-refractivity contribution in [2.45, 2.75) is 13.0 Å². The molecule has 4 aromatic carbocycles. The molecule has 0 saturated heterocycles. The highest BCUT2D eigenvalue weighted by Crippen LogP contribution is 2.27. The predicted molar refractivity (Wildman–Crippen MR) is 152 cm³/mol. The van der Waals surface area contributed by atoms with Gasteiger partial charge < -0.3 is 14.8 Å². The highest BCUT2D eigenvalue weighted by atomic mass is 16.4. The monoisotopic (exact) mass is 511 g/mol. The van der Waals surface area contributed by atoms with Gasteiger partial charge >= 0.3 is 5.97 Å². The van der Waals surface area contributed by atoms with Crippen molar-refractivity contribution in [2.75, 3.05) is 0 Å². The Balaban J connectivity index is 1.36. The van der Waals surface area contributed by atoms with Crippen LogP contribution < -0.4 is 5.32 Å². The molecule has 1 amide bonds. The maximum Gasteiger partial charge on any atom is 0.335 e. The number of carbonyl (C=O) groups excluding carboxylic acids is 1. The lowest BCUT2D eigenvalue weighted by atomic mass is 10.0. The number of imidazole rings is 1. The molecule has 2 heterocycles. The molecule has 0 fully saturated rings. The first kappa shape index (κ1) is 24.1. The van der Waals surface area contributed by atoms with Crippen LogP contribution in [0, 0.1) is 0 Å².